The topological polar surface area (TPSA) is 72.6 Å². The smallest absolute Gasteiger partial charge is 0.252 e. The minimum Gasteiger partial charge on any atom is -0.311 e. The van der Waals surface area contributed by atoms with Crippen LogP contribution in [-0.2, 0) is 10.8 Å². The summed E-state index contributed by atoms with van der Waals surface area (Å²) in [6, 6.07) is 77.3. The zero-order valence-corrected chi connectivity index (χ0v) is 50.8. The molecular weight excluding hydrogens is 1060 g/mol. The maximum Gasteiger partial charge on any atom is 0.252 e. The van der Waals surface area contributed by atoms with E-state index in [4.69, 9.17) is 24.9 Å². The molecule has 0 aliphatic carbocycles. The lowest BCUT2D eigenvalue weighted by atomic mass is 9.33. The number of aryl methyl sites for hydroxylation is 4. The van der Waals surface area contributed by atoms with Crippen molar-refractivity contribution in [3.8, 4) is 62.1 Å². The molecule has 0 atom stereocenters. The highest BCUT2D eigenvalue weighted by Gasteiger charge is 2.44. The molecule has 0 saturated carbocycles. The Morgan fingerprint density at radius 1 is 0.345 bits per heavy atom. The third-order valence-electron chi connectivity index (χ3n) is 18.3. The largest absolute Gasteiger partial charge is 0.311 e. The highest BCUT2D eigenvalue weighted by atomic mass is 15.2. The van der Waals surface area contributed by atoms with E-state index in [2.05, 4.69) is 257 Å². The highest BCUT2D eigenvalue weighted by Crippen LogP contribution is 2.49. The Morgan fingerprint density at radius 3 is 1.43 bits per heavy atom. The average Bonchev–Trinajstić information content (AvgIpc) is 1.62. The van der Waals surface area contributed by atoms with Crippen LogP contribution in [0.2, 0.25) is 0 Å². The quantitative estimate of drug-likeness (QED) is 0.122. The Labute approximate surface area is 508 Å². The second-order valence-electron chi connectivity index (χ2n) is 26.3. The molecule has 7 nitrogen and oxygen atoms in total. The second kappa shape index (κ2) is 19.2. The number of anilines is 3. The van der Waals surface area contributed by atoms with Gasteiger partial charge in [-0.2, -0.15) is 0 Å². The van der Waals surface area contributed by atoms with E-state index >= 15 is 0 Å². The monoisotopic (exact) mass is 1120 g/mol. The molecule has 0 saturated heterocycles. The molecule has 2 aliphatic rings. The van der Waals surface area contributed by atoms with Gasteiger partial charge in [-0.05, 0) is 182 Å². The second-order valence-corrected chi connectivity index (χ2v) is 26.3. The molecule has 0 fully saturated rings. The van der Waals surface area contributed by atoms with Gasteiger partial charge in [0.1, 0.15) is 0 Å². The van der Waals surface area contributed by atoms with Gasteiger partial charge in [0.2, 0.25) is 0 Å². The molecule has 0 bridgehead atoms. The fourth-order valence-electron chi connectivity index (χ4n) is 14.5. The van der Waals surface area contributed by atoms with E-state index in [-0.39, 0.29) is 17.5 Å². The zero-order valence-electron chi connectivity index (χ0n) is 50.8. The minimum absolute atomic E-state index is 0.0425. The highest BCUT2D eigenvalue weighted by molar-refractivity contribution is 7.00. The molecule has 16 rings (SSSR count). The summed E-state index contributed by atoms with van der Waals surface area (Å²) >= 11 is 0. The van der Waals surface area contributed by atoms with E-state index in [0.29, 0.717) is 17.5 Å². The van der Waals surface area contributed by atoms with Crippen LogP contribution in [0, 0.1) is 27.7 Å². The van der Waals surface area contributed by atoms with Crippen LogP contribution in [-0.4, -0.2) is 36.2 Å². The van der Waals surface area contributed by atoms with Crippen molar-refractivity contribution in [3.05, 3.63) is 240 Å². The summed E-state index contributed by atoms with van der Waals surface area (Å²) in [5, 5.41) is 9.92. The van der Waals surface area contributed by atoms with Crippen molar-refractivity contribution in [1.29, 1.82) is 0 Å². The summed E-state index contributed by atoms with van der Waals surface area (Å²) in [4.78, 5) is 28.5. The fourth-order valence-corrected chi connectivity index (χ4v) is 14.5. The third-order valence-corrected chi connectivity index (χ3v) is 18.3. The third kappa shape index (κ3) is 8.36. The van der Waals surface area contributed by atoms with Crippen molar-refractivity contribution < 1.29 is 0 Å². The maximum atomic E-state index is 5.54. The predicted molar refractivity (Wildman–Crippen MR) is 365 cm³/mol. The lowest BCUT2D eigenvalue weighted by Gasteiger charge is -2.41. The normalized spacial score (nSPS) is 12.9. The van der Waals surface area contributed by atoms with E-state index in [1.165, 1.54) is 98.4 Å². The number of hydrogen-bond donors (Lipinski definition) is 0. The van der Waals surface area contributed by atoms with Crippen LogP contribution in [0.15, 0.2) is 206 Å². The first-order chi connectivity index (χ1) is 42.0. The van der Waals surface area contributed by atoms with Crippen molar-refractivity contribution in [2.24, 2.45) is 0 Å². The van der Waals surface area contributed by atoms with Crippen molar-refractivity contribution in [2.75, 3.05) is 4.90 Å². The first-order valence-electron chi connectivity index (χ1n) is 30.4. The van der Waals surface area contributed by atoms with E-state index < -0.39 is 0 Å². The number of rotatable bonds is 6. The molecule has 10 aromatic carbocycles. The maximum absolute atomic E-state index is 5.54. The summed E-state index contributed by atoms with van der Waals surface area (Å²) in [7, 11) is 0. The molecule has 0 N–H and O–H groups in total. The van der Waals surface area contributed by atoms with Crippen LogP contribution in [0.3, 0.4) is 0 Å². The first-order valence-corrected chi connectivity index (χ1v) is 30.4. The van der Waals surface area contributed by atoms with Crippen LogP contribution >= 0.6 is 0 Å². The Balaban J connectivity index is 1.10. The molecule has 0 unspecified atom stereocenters. The van der Waals surface area contributed by atoms with E-state index in [0.717, 1.165) is 67.7 Å². The molecule has 2 aliphatic heterocycles. The number of hydrogen-bond acceptors (Lipinski definition) is 6. The van der Waals surface area contributed by atoms with Crippen LogP contribution in [0.5, 0.6) is 0 Å². The summed E-state index contributed by atoms with van der Waals surface area (Å²) in [5.41, 5.74) is 23.9. The number of fused-ring (bicyclic) bond motifs is 14. The fraction of sp³-hybridized carbons (Fsp3) is 0.152. The molecule has 14 aromatic rings. The average molecular weight is 1120 g/mol. The van der Waals surface area contributed by atoms with E-state index in [9.17, 15) is 0 Å². The number of nitrogens with zero attached hydrogens (tertiary/aromatic N) is 7. The predicted octanol–water partition coefficient (Wildman–Crippen LogP) is 18.0. The number of aromatic nitrogens is 6. The Hall–Kier alpha value is -10.0. The van der Waals surface area contributed by atoms with Crippen LogP contribution in [0.25, 0.3) is 116 Å². The molecular formula is C79H64BN7. The summed E-state index contributed by atoms with van der Waals surface area (Å²) in [6.45, 7) is 21.8. The van der Waals surface area contributed by atoms with E-state index in [1.54, 1.807) is 0 Å². The molecule has 0 radical (unpaired) electrons. The van der Waals surface area contributed by atoms with Crippen LogP contribution in [0.1, 0.15) is 75.4 Å². The van der Waals surface area contributed by atoms with Gasteiger partial charge in [-0.3, -0.25) is 9.97 Å². The lowest BCUT2D eigenvalue weighted by Crippen LogP contribution is -2.60. The van der Waals surface area contributed by atoms with Crippen LogP contribution < -0.4 is 21.3 Å². The number of pyridine rings is 2. The van der Waals surface area contributed by atoms with Crippen molar-refractivity contribution >= 4 is 94.3 Å². The van der Waals surface area contributed by atoms with Crippen molar-refractivity contribution in [1.82, 2.24) is 29.5 Å². The van der Waals surface area contributed by atoms with Gasteiger partial charge in [0.25, 0.3) is 6.71 Å². The van der Waals surface area contributed by atoms with Gasteiger partial charge < -0.3 is 9.47 Å². The lowest BCUT2D eigenvalue weighted by molar-refractivity contribution is 0.590. The van der Waals surface area contributed by atoms with Crippen LogP contribution in [0.4, 0.5) is 17.1 Å². The Bertz CT molecular complexity index is 5090. The Morgan fingerprint density at radius 2 is 0.839 bits per heavy atom. The molecule has 8 heteroatoms. The molecule has 87 heavy (non-hydrogen) atoms. The number of benzene rings is 10. The summed E-state index contributed by atoms with van der Waals surface area (Å²) < 4.78 is 2.61. The molecule has 6 heterocycles. The van der Waals surface area contributed by atoms with Gasteiger partial charge in [0.05, 0.1) is 5.52 Å². The molecule has 4 aromatic heterocycles. The van der Waals surface area contributed by atoms with Gasteiger partial charge in [-0.1, -0.05) is 181 Å². The standard InChI is InChI=1S/C79H64BN7/c1-45-36-51(37-46(2)81-45)75-83-76(52-38-47(3)82-48(4)39-52)85-77(84-75)53-42-69-73-70(43-53)87-68-35-33-63-61-26-17-16-24-59(61)60-25-18-19-27-62(60)71(63)72(68)64-40-50(58-23-15-14-22-57(58)49-20-12-11-13-21-49)41-66(74(64)87)80(73)65-44-55(79(8,9)10)30-34-67(65)86(69)56-31-28-54(29-32-56)78(5,6)7/h11-44H,1-10H3. The SMILES string of the molecule is Cc1cc(-c2nc(-c3cc(C)nc(C)c3)nc(-c3cc4c5c(c3)-n3c6ccc7c8ccccc8c8ccccc8c7c6c6cc(-c7ccccc7-c7ccccc7)cc(c63)B5c3cc(C(C)(C)C)ccc3N4c3ccc(C(C)(C)C)cc3)n2)cc(C)n1. The van der Waals surface area contributed by atoms with Gasteiger partial charge in [0, 0.05) is 83.9 Å². The summed E-state index contributed by atoms with van der Waals surface area (Å²) in [5.74, 6) is 1.75. The molecule has 418 valence electrons. The minimum atomic E-state index is -0.187. The molecule has 0 spiro atoms. The van der Waals surface area contributed by atoms with Gasteiger partial charge in [-0.25, -0.2) is 15.0 Å². The zero-order chi connectivity index (χ0) is 59.4. The van der Waals surface area contributed by atoms with Crippen molar-refractivity contribution in [3.63, 3.8) is 0 Å². The van der Waals surface area contributed by atoms with Gasteiger partial charge in [-0.15, -0.1) is 0 Å². The van der Waals surface area contributed by atoms with Gasteiger partial charge in [0.15, 0.2) is 17.5 Å². The Kier molecular flexibility index (Phi) is 11.6. The van der Waals surface area contributed by atoms with Gasteiger partial charge >= 0.3 is 0 Å². The summed E-state index contributed by atoms with van der Waals surface area (Å²) in [6.07, 6.45) is 0. The first kappa shape index (κ1) is 52.5. The molecule has 0 amide bonds. The van der Waals surface area contributed by atoms with Crippen molar-refractivity contribution in [2.45, 2.75) is 80.1 Å². The van der Waals surface area contributed by atoms with E-state index in [1.807, 2.05) is 27.7 Å².